The summed E-state index contributed by atoms with van der Waals surface area (Å²) in [7, 11) is -3.97. The maximum Gasteiger partial charge on any atom is 0.242 e. The van der Waals surface area contributed by atoms with E-state index in [0.29, 0.717) is 18.1 Å². The van der Waals surface area contributed by atoms with Crippen LogP contribution in [0.4, 0.5) is 0 Å². The van der Waals surface area contributed by atoms with Crippen molar-refractivity contribution >= 4 is 50.9 Å². The Morgan fingerprint density at radius 1 is 1.26 bits per heavy atom. The minimum atomic E-state index is -3.97. The topological polar surface area (TPSA) is 75.3 Å². The molecule has 5 nitrogen and oxygen atoms in total. The molecule has 0 heterocycles. The fraction of sp³-hybridized carbons (Fsp3) is 0.611. The second-order valence-electron chi connectivity index (χ2n) is 7.00. The van der Waals surface area contributed by atoms with Gasteiger partial charge in [0.15, 0.2) is 0 Å². The predicted octanol–water partition coefficient (Wildman–Crippen LogP) is 4.09. The molecule has 0 spiro atoms. The SMILES string of the molecule is CSCC[C@H](NS(=O)(=O)c1cc(Cl)ccc1Cl)C(=O)NC1CCC(C)CC1. The van der Waals surface area contributed by atoms with Crippen LogP contribution in [0, 0.1) is 5.92 Å². The molecule has 152 valence electrons. The second-order valence-corrected chi connectivity index (χ2v) is 10.5. The van der Waals surface area contributed by atoms with E-state index in [2.05, 4.69) is 17.0 Å². The summed E-state index contributed by atoms with van der Waals surface area (Å²) in [5.41, 5.74) is 0. The van der Waals surface area contributed by atoms with Crippen molar-refractivity contribution in [3.05, 3.63) is 28.2 Å². The standard InChI is InChI=1S/C18H26Cl2N2O3S2/c1-12-3-6-14(7-4-12)21-18(23)16(9-10-26-2)22-27(24,25)17-11-13(19)5-8-15(17)20/h5,8,11-12,14,16,22H,3-4,6-7,9-10H2,1-2H3,(H,21,23)/t12?,14?,16-/m0/s1. The molecule has 1 aromatic rings. The van der Waals surface area contributed by atoms with Crippen molar-refractivity contribution in [2.24, 2.45) is 5.92 Å². The lowest BCUT2D eigenvalue weighted by atomic mass is 9.87. The second kappa shape index (κ2) is 10.3. The van der Waals surface area contributed by atoms with E-state index in [1.807, 2.05) is 6.26 Å². The fourth-order valence-corrected chi connectivity index (χ4v) is 5.58. The van der Waals surface area contributed by atoms with E-state index < -0.39 is 16.1 Å². The van der Waals surface area contributed by atoms with E-state index in [1.54, 1.807) is 11.8 Å². The number of thioether (sulfide) groups is 1. The Hall–Kier alpha value is -0.470. The Kier molecular flexibility index (Phi) is 8.74. The lowest BCUT2D eigenvalue weighted by molar-refractivity contribution is -0.123. The van der Waals surface area contributed by atoms with Gasteiger partial charge in [-0.25, -0.2) is 8.42 Å². The number of hydrogen-bond donors (Lipinski definition) is 2. The molecule has 2 N–H and O–H groups in total. The fourth-order valence-electron chi connectivity index (χ4n) is 3.12. The summed E-state index contributed by atoms with van der Waals surface area (Å²) in [4.78, 5) is 12.6. The summed E-state index contributed by atoms with van der Waals surface area (Å²) >= 11 is 13.5. The van der Waals surface area contributed by atoms with Crippen LogP contribution in [0.2, 0.25) is 10.0 Å². The monoisotopic (exact) mass is 452 g/mol. The minimum Gasteiger partial charge on any atom is -0.352 e. The molecular weight excluding hydrogens is 427 g/mol. The lowest BCUT2D eigenvalue weighted by Crippen LogP contribution is -2.50. The van der Waals surface area contributed by atoms with E-state index >= 15 is 0 Å². The molecule has 1 aromatic carbocycles. The normalized spacial score (nSPS) is 21.6. The van der Waals surface area contributed by atoms with Crippen molar-refractivity contribution in [3.63, 3.8) is 0 Å². The smallest absolute Gasteiger partial charge is 0.242 e. The first kappa shape index (κ1) is 22.8. The molecule has 0 aliphatic heterocycles. The largest absolute Gasteiger partial charge is 0.352 e. The molecule has 9 heteroatoms. The quantitative estimate of drug-likeness (QED) is 0.622. The molecule has 1 atom stereocenters. The summed E-state index contributed by atoms with van der Waals surface area (Å²) in [6, 6.07) is 3.49. The van der Waals surface area contributed by atoms with E-state index in [4.69, 9.17) is 23.2 Å². The van der Waals surface area contributed by atoms with E-state index in [0.717, 1.165) is 25.7 Å². The highest BCUT2D eigenvalue weighted by Crippen LogP contribution is 2.26. The molecule has 0 bridgehead atoms. The molecule has 0 aromatic heterocycles. The Morgan fingerprint density at radius 3 is 2.56 bits per heavy atom. The van der Waals surface area contributed by atoms with Gasteiger partial charge in [0.1, 0.15) is 10.9 Å². The lowest BCUT2D eigenvalue weighted by Gasteiger charge is -2.28. The van der Waals surface area contributed by atoms with Crippen LogP contribution >= 0.6 is 35.0 Å². The number of nitrogens with one attached hydrogen (secondary N) is 2. The first-order valence-electron chi connectivity index (χ1n) is 8.99. The van der Waals surface area contributed by atoms with Gasteiger partial charge in [-0.2, -0.15) is 16.5 Å². The van der Waals surface area contributed by atoms with Crippen LogP contribution in [-0.2, 0) is 14.8 Å². The molecule has 0 saturated heterocycles. The molecular formula is C18H26Cl2N2O3S2. The molecule has 0 unspecified atom stereocenters. The van der Waals surface area contributed by atoms with Crippen molar-refractivity contribution in [1.29, 1.82) is 0 Å². The summed E-state index contributed by atoms with van der Waals surface area (Å²) in [5.74, 6) is 1.05. The van der Waals surface area contributed by atoms with Gasteiger partial charge in [0, 0.05) is 11.1 Å². The van der Waals surface area contributed by atoms with Crippen molar-refractivity contribution < 1.29 is 13.2 Å². The highest BCUT2D eigenvalue weighted by Gasteiger charge is 2.29. The average Bonchev–Trinajstić information content (AvgIpc) is 2.62. The van der Waals surface area contributed by atoms with Crippen LogP contribution in [0.5, 0.6) is 0 Å². The van der Waals surface area contributed by atoms with Crippen molar-refractivity contribution in [1.82, 2.24) is 10.0 Å². The van der Waals surface area contributed by atoms with Crippen LogP contribution in [0.1, 0.15) is 39.0 Å². The number of halogens is 2. The highest BCUT2D eigenvalue weighted by molar-refractivity contribution is 7.98. The average molecular weight is 453 g/mol. The Labute approximate surface area is 176 Å². The molecule has 2 rings (SSSR count). The number of hydrogen-bond acceptors (Lipinski definition) is 4. The number of carbonyl (C=O) groups is 1. The maximum absolute atomic E-state index is 12.8. The Morgan fingerprint density at radius 2 is 1.93 bits per heavy atom. The Balaban J connectivity index is 2.12. The first-order chi connectivity index (χ1) is 12.7. The third kappa shape index (κ3) is 6.82. The summed E-state index contributed by atoms with van der Waals surface area (Å²) in [6.45, 7) is 2.21. The van der Waals surface area contributed by atoms with Gasteiger partial charge in [-0.1, -0.05) is 30.1 Å². The van der Waals surface area contributed by atoms with Gasteiger partial charge in [0.05, 0.1) is 5.02 Å². The van der Waals surface area contributed by atoms with Gasteiger partial charge in [0.2, 0.25) is 15.9 Å². The van der Waals surface area contributed by atoms with Gasteiger partial charge in [-0.3, -0.25) is 4.79 Å². The third-order valence-corrected chi connectivity index (χ3v) is 7.60. The Bertz CT molecular complexity index is 751. The van der Waals surface area contributed by atoms with Gasteiger partial charge in [-0.15, -0.1) is 0 Å². The maximum atomic E-state index is 12.8. The van der Waals surface area contributed by atoms with Crippen LogP contribution in [0.15, 0.2) is 23.1 Å². The van der Waals surface area contributed by atoms with Gasteiger partial charge in [-0.05, 0) is 68.2 Å². The number of sulfonamides is 1. The molecule has 1 saturated carbocycles. The number of benzene rings is 1. The van der Waals surface area contributed by atoms with Gasteiger partial charge < -0.3 is 5.32 Å². The molecule has 1 aliphatic rings. The van der Waals surface area contributed by atoms with Crippen LogP contribution in [0.25, 0.3) is 0 Å². The molecule has 1 fully saturated rings. The minimum absolute atomic E-state index is 0.0668. The summed E-state index contributed by atoms with van der Waals surface area (Å²) in [6.07, 6.45) is 6.31. The van der Waals surface area contributed by atoms with E-state index in [1.165, 1.54) is 18.2 Å². The zero-order valence-corrected chi connectivity index (χ0v) is 18.6. The first-order valence-corrected chi connectivity index (χ1v) is 12.6. The number of rotatable bonds is 8. The highest BCUT2D eigenvalue weighted by atomic mass is 35.5. The number of carbonyl (C=O) groups excluding carboxylic acids is 1. The van der Waals surface area contributed by atoms with Crippen LogP contribution in [-0.4, -0.2) is 38.4 Å². The van der Waals surface area contributed by atoms with E-state index in [-0.39, 0.29) is 26.9 Å². The van der Waals surface area contributed by atoms with E-state index in [9.17, 15) is 13.2 Å². The molecule has 1 amide bonds. The van der Waals surface area contributed by atoms with Crippen molar-refractivity contribution in [3.8, 4) is 0 Å². The van der Waals surface area contributed by atoms with Crippen LogP contribution in [0.3, 0.4) is 0 Å². The zero-order valence-electron chi connectivity index (χ0n) is 15.5. The third-order valence-electron chi connectivity index (χ3n) is 4.77. The zero-order chi connectivity index (χ0) is 20.0. The summed E-state index contributed by atoms with van der Waals surface area (Å²) in [5, 5.41) is 3.35. The number of amides is 1. The predicted molar refractivity (Wildman–Crippen MR) is 113 cm³/mol. The van der Waals surface area contributed by atoms with Crippen LogP contribution < -0.4 is 10.0 Å². The van der Waals surface area contributed by atoms with Gasteiger partial charge in [0.25, 0.3) is 0 Å². The van der Waals surface area contributed by atoms with Crippen molar-refractivity contribution in [2.45, 2.75) is 56.0 Å². The van der Waals surface area contributed by atoms with Crippen molar-refractivity contribution in [2.75, 3.05) is 12.0 Å². The molecule has 1 aliphatic carbocycles. The molecule has 27 heavy (non-hydrogen) atoms. The summed E-state index contributed by atoms with van der Waals surface area (Å²) < 4.78 is 28.1. The van der Waals surface area contributed by atoms with Gasteiger partial charge >= 0.3 is 0 Å². The molecule has 0 radical (unpaired) electrons.